The van der Waals surface area contributed by atoms with E-state index in [0.717, 1.165) is 4.90 Å². The first-order valence-corrected chi connectivity index (χ1v) is 7.25. The lowest BCUT2D eigenvalue weighted by Gasteiger charge is -2.36. The molecule has 3 nitrogen and oxygen atoms in total. The number of morpholine rings is 1. The molecule has 0 aromatic heterocycles. The van der Waals surface area contributed by atoms with Crippen molar-refractivity contribution in [3.05, 3.63) is 11.3 Å². The quantitative estimate of drug-likeness (QED) is 0.615. The Hall–Kier alpha value is -1.18. The molecule has 0 aromatic carbocycles. The molecule has 2 rings (SSSR count). The molecule has 0 atom stereocenters. The molecule has 0 bridgehead atoms. The van der Waals surface area contributed by atoms with Crippen LogP contribution < -0.4 is 0 Å². The Bertz CT molecular complexity index is 589. The Morgan fingerprint density at radius 1 is 0.960 bits per heavy atom. The first-order chi connectivity index (χ1) is 11.2. The van der Waals surface area contributed by atoms with Gasteiger partial charge in [-0.25, -0.2) is 4.99 Å². The first-order valence-electron chi connectivity index (χ1n) is 6.43. The molecule has 0 aromatic rings. The van der Waals surface area contributed by atoms with Crippen LogP contribution in [0, 0.1) is 0 Å². The summed E-state index contributed by atoms with van der Waals surface area (Å²) in [5, 5.41) is -6.13. The highest BCUT2D eigenvalue weighted by Crippen LogP contribution is 2.55. The van der Waals surface area contributed by atoms with Crippen LogP contribution in [0.3, 0.4) is 0 Å². The van der Waals surface area contributed by atoms with Gasteiger partial charge in [-0.15, -0.1) is 0 Å². The van der Waals surface area contributed by atoms with E-state index >= 15 is 0 Å². The van der Waals surface area contributed by atoms with E-state index in [4.69, 9.17) is 4.74 Å². The summed E-state index contributed by atoms with van der Waals surface area (Å²) in [7, 11) is 0. The minimum absolute atomic E-state index is 0.0774. The molecule has 25 heavy (non-hydrogen) atoms. The predicted octanol–water partition coefficient (Wildman–Crippen LogP) is 4.03. The van der Waals surface area contributed by atoms with Crippen LogP contribution in [0.5, 0.6) is 0 Å². The lowest BCUT2D eigenvalue weighted by Crippen LogP contribution is -2.47. The maximum absolute atomic E-state index is 13.9. The lowest BCUT2D eigenvalue weighted by atomic mass is 10.1. The highest BCUT2D eigenvalue weighted by atomic mass is 32.2. The highest BCUT2D eigenvalue weighted by molar-refractivity contribution is 8.14. The van der Waals surface area contributed by atoms with Crippen molar-refractivity contribution >= 4 is 16.9 Å². The van der Waals surface area contributed by atoms with Crippen LogP contribution >= 0.6 is 11.8 Å². The van der Waals surface area contributed by atoms with Gasteiger partial charge in [0.05, 0.1) is 13.2 Å². The number of thioether (sulfide) groups is 1. The summed E-state index contributed by atoms with van der Waals surface area (Å²) in [6.45, 7) is -0.555. The molecule has 0 saturated carbocycles. The van der Waals surface area contributed by atoms with Crippen molar-refractivity contribution < 1.29 is 48.6 Å². The molecule has 0 unspecified atom stereocenters. The van der Waals surface area contributed by atoms with Gasteiger partial charge in [0.2, 0.25) is 0 Å². The van der Waals surface area contributed by atoms with Crippen LogP contribution in [0.2, 0.25) is 0 Å². The van der Waals surface area contributed by atoms with E-state index in [9.17, 15) is 43.9 Å². The number of aliphatic imine (C=N–C) groups is 1. The van der Waals surface area contributed by atoms with Crippen molar-refractivity contribution in [3.8, 4) is 0 Å². The van der Waals surface area contributed by atoms with E-state index in [1.807, 2.05) is 0 Å². The van der Waals surface area contributed by atoms with Crippen LogP contribution in [0.1, 0.15) is 0 Å². The van der Waals surface area contributed by atoms with E-state index in [0.29, 0.717) is 0 Å². The number of rotatable bonds is 1. The molecule has 0 aliphatic carbocycles. The number of hydrogen-bond acceptors (Lipinski definition) is 4. The van der Waals surface area contributed by atoms with Gasteiger partial charge in [-0.3, -0.25) is 0 Å². The van der Waals surface area contributed by atoms with E-state index in [1.165, 1.54) is 0 Å². The van der Waals surface area contributed by atoms with Gasteiger partial charge in [-0.05, 0) is 11.8 Å². The monoisotopic (exact) mass is 406 g/mol. The summed E-state index contributed by atoms with van der Waals surface area (Å²) >= 11 is -0.831. The van der Waals surface area contributed by atoms with Crippen molar-refractivity contribution in [2.24, 2.45) is 4.99 Å². The Balaban J connectivity index is 2.66. The normalized spacial score (nSPS) is 23.0. The zero-order chi connectivity index (χ0) is 19.3. The molecule has 0 amide bonds. The molecule has 2 heterocycles. The smallest absolute Gasteiger partial charge is 0.378 e. The van der Waals surface area contributed by atoms with E-state index in [1.54, 1.807) is 0 Å². The third-order valence-electron chi connectivity index (χ3n) is 3.17. The van der Waals surface area contributed by atoms with Gasteiger partial charge < -0.3 is 9.64 Å². The molecule has 144 valence electrons. The van der Waals surface area contributed by atoms with E-state index < -0.39 is 51.7 Å². The maximum atomic E-state index is 13.9. The third kappa shape index (κ3) is 3.83. The van der Waals surface area contributed by atoms with E-state index in [-0.39, 0.29) is 26.3 Å². The predicted molar refractivity (Wildman–Crippen MR) is 66.4 cm³/mol. The number of nitrogens with zero attached hydrogens (tertiary/aromatic N) is 2. The second kappa shape index (κ2) is 6.21. The molecule has 0 spiro atoms. The molecular formula is C11H8F10N2OS. The Morgan fingerprint density at radius 3 is 1.92 bits per heavy atom. The summed E-state index contributed by atoms with van der Waals surface area (Å²) in [5.74, 6) is -6.21. The second-order valence-electron chi connectivity index (χ2n) is 4.91. The minimum Gasteiger partial charge on any atom is -0.378 e. The largest absolute Gasteiger partial charge is 0.459 e. The maximum Gasteiger partial charge on any atom is 0.459 e. The Kier molecular flexibility index (Phi) is 5.00. The number of hydrogen-bond donors (Lipinski definition) is 0. The molecular weight excluding hydrogens is 398 g/mol. The van der Waals surface area contributed by atoms with Gasteiger partial charge in [-0.2, -0.15) is 43.9 Å². The van der Waals surface area contributed by atoms with Crippen LogP contribution in [-0.2, 0) is 4.74 Å². The van der Waals surface area contributed by atoms with Crippen molar-refractivity contribution in [2.45, 2.75) is 23.5 Å². The first kappa shape index (κ1) is 20.1. The molecule has 2 aliphatic heterocycles. The number of allylic oxidation sites excluding steroid dienone is 1. The Morgan fingerprint density at radius 2 is 1.48 bits per heavy atom. The number of alkyl halides is 10. The minimum atomic E-state index is -6.53. The zero-order valence-corrected chi connectivity index (χ0v) is 12.6. The molecule has 2 aliphatic rings. The molecule has 1 saturated heterocycles. The average Bonchev–Trinajstić information content (AvgIpc) is 2.43. The number of amidine groups is 1. The molecule has 1 fully saturated rings. The second-order valence-corrected chi connectivity index (χ2v) is 5.99. The van der Waals surface area contributed by atoms with Gasteiger partial charge in [0.25, 0.3) is 0 Å². The van der Waals surface area contributed by atoms with Crippen molar-refractivity contribution in [3.63, 3.8) is 0 Å². The van der Waals surface area contributed by atoms with Crippen LogP contribution in [0.25, 0.3) is 0 Å². The summed E-state index contributed by atoms with van der Waals surface area (Å²) in [5.41, 5.74) is -6.36. The van der Waals surface area contributed by atoms with Crippen LogP contribution in [0.15, 0.2) is 16.3 Å². The van der Waals surface area contributed by atoms with Gasteiger partial charge in [0, 0.05) is 13.1 Å². The standard InChI is InChI=1S/C11H8F10N2OS/c12-8(13,11(19,20)21)6-5(9(14,15)16)10(17,18)25-7(22-6)23-1-3-24-4-2-23/h1-4H2. The SMILES string of the molecule is FC(F)(F)C1=C(C(F)(F)C(F)(F)F)N=C(N2CCOCC2)SC1(F)F. The topological polar surface area (TPSA) is 24.8 Å². The molecule has 0 radical (unpaired) electrons. The number of halogens is 10. The van der Waals surface area contributed by atoms with Crippen molar-refractivity contribution in [1.82, 2.24) is 4.90 Å². The van der Waals surface area contributed by atoms with Gasteiger partial charge >= 0.3 is 23.5 Å². The Labute approximate surface area is 137 Å². The van der Waals surface area contributed by atoms with Crippen molar-refractivity contribution in [2.75, 3.05) is 26.3 Å². The van der Waals surface area contributed by atoms with Gasteiger partial charge in [0.15, 0.2) is 5.17 Å². The van der Waals surface area contributed by atoms with Crippen LogP contribution in [-0.4, -0.2) is 59.9 Å². The van der Waals surface area contributed by atoms with Crippen LogP contribution in [0.4, 0.5) is 43.9 Å². The lowest BCUT2D eigenvalue weighted by molar-refractivity contribution is -0.266. The summed E-state index contributed by atoms with van der Waals surface area (Å²) < 4.78 is 136. The van der Waals surface area contributed by atoms with Gasteiger partial charge in [-0.1, -0.05) is 0 Å². The van der Waals surface area contributed by atoms with Crippen molar-refractivity contribution in [1.29, 1.82) is 0 Å². The molecule has 14 heteroatoms. The average molecular weight is 406 g/mol. The number of ether oxygens (including phenoxy) is 1. The summed E-state index contributed by atoms with van der Waals surface area (Å²) in [6, 6.07) is 0. The van der Waals surface area contributed by atoms with E-state index in [2.05, 4.69) is 4.99 Å². The van der Waals surface area contributed by atoms with Gasteiger partial charge in [0.1, 0.15) is 11.3 Å². The fourth-order valence-electron chi connectivity index (χ4n) is 2.03. The molecule has 0 N–H and O–H groups in total. The third-order valence-corrected chi connectivity index (χ3v) is 4.17. The summed E-state index contributed by atoms with van der Waals surface area (Å²) in [4.78, 5) is 3.51. The fraction of sp³-hybridized carbons (Fsp3) is 0.727. The fourth-order valence-corrected chi connectivity index (χ4v) is 3.02. The highest BCUT2D eigenvalue weighted by Gasteiger charge is 2.68. The summed E-state index contributed by atoms with van der Waals surface area (Å²) in [6.07, 6.45) is -12.7. The zero-order valence-electron chi connectivity index (χ0n) is 11.8.